The summed E-state index contributed by atoms with van der Waals surface area (Å²) in [5.41, 5.74) is 5.32. The van der Waals surface area contributed by atoms with Gasteiger partial charge in [0.25, 0.3) is 11.5 Å². The second kappa shape index (κ2) is 6.81. The van der Waals surface area contributed by atoms with Crippen LogP contribution in [0.25, 0.3) is 28.2 Å². The standard InChI is InChI=1S/C25H19N3O2/c1-15-6-5-7-17(12-15)28-23(26-21-9-4-3-8-18(21)25(28)30)14-20-19-13-16(2)10-11-22(19)27-24(20)29/h3-14H,1-2H3,(H,27,29)/b20-14+. The number of anilines is 1. The fourth-order valence-corrected chi connectivity index (χ4v) is 3.84. The van der Waals surface area contributed by atoms with Gasteiger partial charge < -0.3 is 5.32 Å². The Hall–Kier alpha value is -3.99. The quantitative estimate of drug-likeness (QED) is 0.510. The van der Waals surface area contributed by atoms with Gasteiger partial charge in [-0.2, -0.15) is 0 Å². The second-order valence-electron chi connectivity index (χ2n) is 7.53. The van der Waals surface area contributed by atoms with Gasteiger partial charge in [0.05, 0.1) is 22.2 Å². The lowest BCUT2D eigenvalue weighted by Crippen LogP contribution is -2.22. The molecule has 0 unspecified atom stereocenters. The highest BCUT2D eigenvalue weighted by Crippen LogP contribution is 2.33. The Balaban J connectivity index is 1.83. The van der Waals surface area contributed by atoms with Crippen LogP contribution in [0.15, 0.2) is 71.5 Å². The molecule has 0 saturated heterocycles. The molecule has 1 N–H and O–H groups in total. The van der Waals surface area contributed by atoms with Crippen LogP contribution in [0.2, 0.25) is 0 Å². The van der Waals surface area contributed by atoms with E-state index in [4.69, 9.17) is 4.98 Å². The first-order valence-corrected chi connectivity index (χ1v) is 9.74. The van der Waals surface area contributed by atoms with Gasteiger partial charge in [0.2, 0.25) is 0 Å². The molecule has 4 aromatic rings. The minimum atomic E-state index is -0.200. The summed E-state index contributed by atoms with van der Waals surface area (Å²) in [5, 5.41) is 3.43. The lowest BCUT2D eigenvalue weighted by Gasteiger charge is -2.12. The molecule has 0 aliphatic carbocycles. The van der Waals surface area contributed by atoms with E-state index in [0.717, 1.165) is 22.4 Å². The second-order valence-corrected chi connectivity index (χ2v) is 7.53. The van der Waals surface area contributed by atoms with E-state index < -0.39 is 0 Å². The normalized spacial score (nSPS) is 14.2. The fraction of sp³-hybridized carbons (Fsp3) is 0.0800. The van der Waals surface area contributed by atoms with Crippen molar-refractivity contribution < 1.29 is 4.79 Å². The smallest absolute Gasteiger partial charge is 0.266 e. The number of hydrogen-bond acceptors (Lipinski definition) is 3. The third kappa shape index (κ3) is 2.92. The van der Waals surface area contributed by atoms with E-state index in [1.165, 1.54) is 0 Å². The molecule has 2 heterocycles. The zero-order chi connectivity index (χ0) is 20.8. The van der Waals surface area contributed by atoms with Crippen molar-refractivity contribution in [3.05, 3.63) is 99.6 Å². The number of hydrogen-bond donors (Lipinski definition) is 1. The molecular weight excluding hydrogens is 374 g/mol. The highest BCUT2D eigenvalue weighted by atomic mass is 16.2. The number of rotatable bonds is 2. The molecule has 3 aromatic carbocycles. The summed E-state index contributed by atoms with van der Waals surface area (Å²) < 4.78 is 1.57. The van der Waals surface area contributed by atoms with Crippen LogP contribution in [0.3, 0.4) is 0 Å². The first-order valence-electron chi connectivity index (χ1n) is 9.74. The highest BCUT2D eigenvalue weighted by molar-refractivity contribution is 6.34. The summed E-state index contributed by atoms with van der Waals surface area (Å²) in [4.78, 5) is 30.9. The summed E-state index contributed by atoms with van der Waals surface area (Å²) in [7, 11) is 0. The van der Waals surface area contributed by atoms with Gasteiger partial charge in [-0.05, 0) is 61.9 Å². The lowest BCUT2D eigenvalue weighted by atomic mass is 10.0. The maximum atomic E-state index is 13.4. The molecule has 0 atom stereocenters. The average molecular weight is 393 g/mol. The molecule has 5 rings (SSSR count). The molecule has 1 amide bonds. The molecule has 0 fully saturated rings. The van der Waals surface area contributed by atoms with Gasteiger partial charge >= 0.3 is 0 Å². The maximum absolute atomic E-state index is 13.4. The Morgan fingerprint density at radius 1 is 0.900 bits per heavy atom. The van der Waals surface area contributed by atoms with Gasteiger partial charge in [0.15, 0.2) is 0 Å². The number of fused-ring (bicyclic) bond motifs is 2. The zero-order valence-corrected chi connectivity index (χ0v) is 16.6. The van der Waals surface area contributed by atoms with Crippen LogP contribution >= 0.6 is 0 Å². The molecular formula is C25H19N3O2. The van der Waals surface area contributed by atoms with Crippen LogP contribution in [0.5, 0.6) is 0 Å². The summed E-state index contributed by atoms with van der Waals surface area (Å²) in [5.74, 6) is 0.220. The van der Waals surface area contributed by atoms with Gasteiger partial charge in [0.1, 0.15) is 5.82 Å². The lowest BCUT2D eigenvalue weighted by molar-refractivity contribution is -0.110. The predicted molar refractivity (Wildman–Crippen MR) is 120 cm³/mol. The van der Waals surface area contributed by atoms with Gasteiger partial charge in [-0.15, -0.1) is 0 Å². The number of carbonyl (C=O) groups excluding carboxylic acids is 1. The Morgan fingerprint density at radius 2 is 1.70 bits per heavy atom. The third-order valence-electron chi connectivity index (χ3n) is 5.29. The Bertz CT molecular complexity index is 1430. The largest absolute Gasteiger partial charge is 0.321 e. The molecule has 5 nitrogen and oxygen atoms in total. The number of amides is 1. The molecule has 0 spiro atoms. The van der Waals surface area contributed by atoms with Crippen molar-refractivity contribution in [2.75, 3.05) is 5.32 Å². The summed E-state index contributed by atoms with van der Waals surface area (Å²) in [6.07, 6.45) is 1.71. The molecule has 1 aliphatic heterocycles. The van der Waals surface area contributed by atoms with Gasteiger partial charge in [-0.3, -0.25) is 14.2 Å². The van der Waals surface area contributed by atoms with Gasteiger partial charge in [-0.1, -0.05) is 35.9 Å². The van der Waals surface area contributed by atoms with Crippen molar-refractivity contribution in [1.29, 1.82) is 0 Å². The van der Waals surface area contributed by atoms with Crippen molar-refractivity contribution >= 4 is 34.1 Å². The van der Waals surface area contributed by atoms with Crippen molar-refractivity contribution in [2.45, 2.75) is 13.8 Å². The highest BCUT2D eigenvalue weighted by Gasteiger charge is 2.25. The van der Waals surface area contributed by atoms with E-state index in [1.54, 1.807) is 16.7 Å². The summed E-state index contributed by atoms with van der Waals surface area (Å²) in [6, 6.07) is 20.8. The average Bonchev–Trinajstić information content (AvgIpc) is 3.03. The maximum Gasteiger partial charge on any atom is 0.266 e. The van der Waals surface area contributed by atoms with Crippen LogP contribution in [-0.4, -0.2) is 15.5 Å². The Morgan fingerprint density at radius 3 is 2.53 bits per heavy atom. The molecule has 0 saturated carbocycles. The predicted octanol–water partition coefficient (Wildman–Crippen LogP) is 4.50. The van der Waals surface area contributed by atoms with E-state index in [9.17, 15) is 9.59 Å². The number of aromatic nitrogens is 2. The monoisotopic (exact) mass is 393 g/mol. The van der Waals surface area contributed by atoms with E-state index in [-0.39, 0.29) is 11.5 Å². The minimum Gasteiger partial charge on any atom is -0.321 e. The number of para-hydroxylation sites is 1. The van der Waals surface area contributed by atoms with Crippen LogP contribution in [-0.2, 0) is 4.79 Å². The molecule has 0 bridgehead atoms. The molecule has 5 heteroatoms. The topological polar surface area (TPSA) is 64.0 Å². The first-order chi connectivity index (χ1) is 14.5. The van der Waals surface area contributed by atoms with Crippen molar-refractivity contribution in [1.82, 2.24) is 9.55 Å². The molecule has 1 aromatic heterocycles. The van der Waals surface area contributed by atoms with E-state index in [1.807, 2.05) is 74.5 Å². The molecule has 30 heavy (non-hydrogen) atoms. The van der Waals surface area contributed by atoms with Crippen molar-refractivity contribution in [3.8, 4) is 5.69 Å². The first kappa shape index (κ1) is 18.1. The van der Waals surface area contributed by atoms with E-state index >= 15 is 0 Å². The molecule has 146 valence electrons. The fourth-order valence-electron chi connectivity index (χ4n) is 3.84. The number of aryl methyl sites for hydroxylation is 2. The molecule has 0 radical (unpaired) electrons. The van der Waals surface area contributed by atoms with Crippen LogP contribution in [0, 0.1) is 13.8 Å². The summed E-state index contributed by atoms with van der Waals surface area (Å²) >= 11 is 0. The minimum absolute atomic E-state index is 0.166. The van der Waals surface area contributed by atoms with Crippen molar-refractivity contribution in [2.24, 2.45) is 0 Å². The third-order valence-corrected chi connectivity index (χ3v) is 5.29. The zero-order valence-electron chi connectivity index (χ0n) is 16.6. The van der Waals surface area contributed by atoms with Gasteiger partial charge in [-0.25, -0.2) is 4.98 Å². The summed E-state index contributed by atoms with van der Waals surface area (Å²) in [6.45, 7) is 3.96. The van der Waals surface area contributed by atoms with Gasteiger partial charge in [0, 0.05) is 11.3 Å². The number of benzene rings is 3. The SMILES string of the molecule is Cc1cccc(-n2c(/C=C3/C(=O)Nc4ccc(C)cc43)nc3ccccc3c2=O)c1. The number of nitrogens with one attached hydrogen (secondary N) is 1. The number of nitrogens with zero attached hydrogens (tertiary/aromatic N) is 2. The van der Waals surface area contributed by atoms with E-state index in [2.05, 4.69) is 5.32 Å². The molecule has 1 aliphatic rings. The van der Waals surface area contributed by atoms with Crippen molar-refractivity contribution in [3.63, 3.8) is 0 Å². The number of carbonyl (C=O) groups is 1. The Kier molecular flexibility index (Phi) is 4.10. The Labute approximate surface area is 173 Å². The van der Waals surface area contributed by atoms with Crippen LogP contribution in [0.4, 0.5) is 5.69 Å². The van der Waals surface area contributed by atoms with E-state index in [0.29, 0.717) is 28.0 Å². The van der Waals surface area contributed by atoms with Crippen LogP contribution < -0.4 is 10.9 Å². The van der Waals surface area contributed by atoms with Crippen LogP contribution in [0.1, 0.15) is 22.5 Å².